The van der Waals surface area contributed by atoms with Gasteiger partial charge in [0.15, 0.2) is 0 Å². The lowest BCUT2D eigenvalue weighted by atomic mass is 10.1. The van der Waals surface area contributed by atoms with Gasteiger partial charge in [-0.15, -0.1) is 0 Å². The van der Waals surface area contributed by atoms with Crippen LogP contribution in [-0.2, 0) is 16.0 Å². The minimum Gasteiger partial charge on any atom is -0.497 e. The Morgan fingerprint density at radius 1 is 0.703 bits per heavy atom. The van der Waals surface area contributed by atoms with Crippen molar-refractivity contribution in [1.29, 1.82) is 0 Å². The summed E-state index contributed by atoms with van der Waals surface area (Å²) in [5, 5.41) is 8.73. The van der Waals surface area contributed by atoms with Crippen molar-refractivity contribution in [1.82, 2.24) is 5.32 Å². The summed E-state index contributed by atoms with van der Waals surface area (Å²) < 4.78 is 15.6. The number of methoxy groups -OCH3 is 1. The molecule has 2 aliphatic rings. The van der Waals surface area contributed by atoms with Gasteiger partial charge in [-0.05, 0) is 71.0 Å². The summed E-state index contributed by atoms with van der Waals surface area (Å²) in [6.45, 7) is 4.47. The summed E-state index contributed by atoms with van der Waals surface area (Å²) in [6.07, 6.45) is 4.35. The van der Waals surface area contributed by atoms with Crippen molar-refractivity contribution < 1.29 is 14.2 Å². The predicted octanol–water partition coefficient (Wildman–Crippen LogP) is 6.08. The smallest absolute Gasteiger partial charge is 0.119 e. The highest BCUT2D eigenvalue weighted by molar-refractivity contribution is 5.84. The number of hydrogen-bond acceptors (Lipinski definition) is 5. The Balaban J connectivity index is 0.000000144. The van der Waals surface area contributed by atoms with Crippen LogP contribution in [0.15, 0.2) is 84.9 Å². The molecule has 0 amide bonds. The highest BCUT2D eigenvalue weighted by Gasteiger charge is 2.12. The zero-order valence-electron chi connectivity index (χ0n) is 21.9. The molecule has 0 aromatic heterocycles. The van der Waals surface area contributed by atoms with Crippen molar-refractivity contribution in [2.24, 2.45) is 5.73 Å². The molecular weight excluding hydrogens is 460 g/mol. The van der Waals surface area contributed by atoms with E-state index in [0.717, 1.165) is 64.4 Å². The molecule has 5 nitrogen and oxygen atoms in total. The lowest BCUT2D eigenvalue weighted by molar-refractivity contribution is 0.0776. The van der Waals surface area contributed by atoms with Crippen LogP contribution in [0.1, 0.15) is 31.2 Å². The molecule has 2 fully saturated rings. The molecule has 3 N–H and O–H groups in total. The molecule has 0 unspecified atom stereocenters. The number of nitrogens with one attached hydrogen (secondary N) is 1. The third-order valence-corrected chi connectivity index (χ3v) is 6.85. The van der Waals surface area contributed by atoms with E-state index in [1.807, 2.05) is 24.3 Å². The standard InChI is InChI=1S/C16H19NO.C11H10O.C5H11NO/c1-2-4-15-11-13(5-6-14(15)3-1)12-17-16-7-9-18-10-8-16;1-12-11-7-6-9-4-2-3-5-10(9)8-11;6-5-1-3-7-4-2-5/h1-6,11,16-17H,7-10,12H2;2-8H,1H3;5H,1-4,6H2. The number of fused-ring (bicyclic) bond motifs is 2. The van der Waals surface area contributed by atoms with Crippen molar-refractivity contribution in [2.75, 3.05) is 33.5 Å². The number of rotatable bonds is 4. The molecule has 0 radical (unpaired) electrons. The molecule has 4 aromatic rings. The molecule has 0 spiro atoms. The van der Waals surface area contributed by atoms with Crippen LogP contribution in [0.5, 0.6) is 5.75 Å². The molecular formula is C32H40N2O3. The zero-order valence-corrected chi connectivity index (χ0v) is 21.9. The lowest BCUT2D eigenvalue weighted by Gasteiger charge is -2.23. The maximum absolute atomic E-state index is 5.55. The molecule has 4 aromatic carbocycles. The van der Waals surface area contributed by atoms with E-state index < -0.39 is 0 Å². The van der Waals surface area contributed by atoms with Gasteiger partial charge in [-0.3, -0.25) is 0 Å². The number of ether oxygens (including phenoxy) is 3. The second-order valence-electron chi connectivity index (χ2n) is 9.61. The summed E-state index contributed by atoms with van der Waals surface area (Å²) in [5.41, 5.74) is 6.92. The van der Waals surface area contributed by atoms with Gasteiger partial charge in [-0.2, -0.15) is 0 Å². The Bertz CT molecular complexity index is 1220. The Morgan fingerprint density at radius 3 is 1.81 bits per heavy atom. The molecule has 196 valence electrons. The van der Waals surface area contributed by atoms with E-state index in [1.165, 1.54) is 27.1 Å². The van der Waals surface area contributed by atoms with Crippen LogP contribution in [0.2, 0.25) is 0 Å². The van der Waals surface area contributed by atoms with E-state index >= 15 is 0 Å². The van der Waals surface area contributed by atoms with Crippen LogP contribution < -0.4 is 15.8 Å². The van der Waals surface area contributed by atoms with Crippen molar-refractivity contribution in [3.8, 4) is 5.75 Å². The Hall–Kier alpha value is -2.96. The van der Waals surface area contributed by atoms with Crippen molar-refractivity contribution in [3.63, 3.8) is 0 Å². The third-order valence-electron chi connectivity index (χ3n) is 6.85. The lowest BCUT2D eigenvalue weighted by Crippen LogP contribution is -2.34. The van der Waals surface area contributed by atoms with E-state index in [2.05, 4.69) is 66.0 Å². The molecule has 6 rings (SSSR count). The zero-order chi connectivity index (χ0) is 25.7. The minimum absolute atomic E-state index is 0.411. The largest absolute Gasteiger partial charge is 0.497 e. The molecule has 5 heteroatoms. The first-order chi connectivity index (χ1) is 18.2. The topological polar surface area (TPSA) is 65.7 Å². The Morgan fingerprint density at radius 2 is 1.24 bits per heavy atom. The highest BCUT2D eigenvalue weighted by Crippen LogP contribution is 2.20. The first-order valence-electron chi connectivity index (χ1n) is 13.4. The molecule has 0 aliphatic carbocycles. The van der Waals surface area contributed by atoms with E-state index in [0.29, 0.717) is 12.1 Å². The number of nitrogens with two attached hydrogens (primary N) is 1. The summed E-state index contributed by atoms with van der Waals surface area (Å²) in [4.78, 5) is 0. The molecule has 0 bridgehead atoms. The van der Waals surface area contributed by atoms with E-state index in [-0.39, 0.29) is 0 Å². The van der Waals surface area contributed by atoms with Crippen LogP contribution in [-0.4, -0.2) is 45.6 Å². The van der Waals surface area contributed by atoms with Gasteiger partial charge in [0.1, 0.15) is 5.75 Å². The Labute approximate surface area is 220 Å². The van der Waals surface area contributed by atoms with Gasteiger partial charge in [0.05, 0.1) is 7.11 Å². The van der Waals surface area contributed by atoms with Crippen molar-refractivity contribution >= 4 is 21.5 Å². The normalized spacial score (nSPS) is 16.4. The van der Waals surface area contributed by atoms with Crippen LogP contribution in [0.25, 0.3) is 21.5 Å². The first kappa shape index (κ1) is 27.1. The summed E-state index contributed by atoms with van der Waals surface area (Å²) in [7, 11) is 1.68. The van der Waals surface area contributed by atoms with E-state index in [9.17, 15) is 0 Å². The number of hydrogen-bond donors (Lipinski definition) is 2. The molecule has 2 aliphatic heterocycles. The van der Waals surface area contributed by atoms with E-state index in [1.54, 1.807) is 7.11 Å². The predicted molar refractivity (Wildman–Crippen MR) is 153 cm³/mol. The van der Waals surface area contributed by atoms with Gasteiger partial charge in [0, 0.05) is 45.1 Å². The van der Waals surface area contributed by atoms with Crippen LogP contribution in [0.4, 0.5) is 0 Å². The van der Waals surface area contributed by atoms with Crippen LogP contribution in [0, 0.1) is 0 Å². The minimum atomic E-state index is 0.411. The quantitative estimate of drug-likeness (QED) is 0.355. The fourth-order valence-corrected chi connectivity index (χ4v) is 4.52. The summed E-state index contributed by atoms with van der Waals surface area (Å²) >= 11 is 0. The average molecular weight is 501 g/mol. The third kappa shape index (κ3) is 8.83. The highest BCUT2D eigenvalue weighted by atomic mass is 16.5. The molecule has 37 heavy (non-hydrogen) atoms. The monoisotopic (exact) mass is 500 g/mol. The fourth-order valence-electron chi connectivity index (χ4n) is 4.52. The molecule has 2 heterocycles. The van der Waals surface area contributed by atoms with Gasteiger partial charge < -0.3 is 25.3 Å². The molecule has 0 saturated carbocycles. The maximum atomic E-state index is 5.55. The fraction of sp³-hybridized carbons (Fsp3) is 0.375. The molecule has 0 atom stereocenters. The average Bonchev–Trinajstić information content (AvgIpc) is 2.97. The first-order valence-corrected chi connectivity index (χ1v) is 13.4. The van der Waals surface area contributed by atoms with Gasteiger partial charge in [-0.1, -0.05) is 66.7 Å². The SMILES string of the molecule is COc1ccc2ccccc2c1.NC1CCOCC1.c1ccc2cc(CNC3CCOCC3)ccc2c1. The van der Waals surface area contributed by atoms with Gasteiger partial charge in [-0.25, -0.2) is 0 Å². The van der Waals surface area contributed by atoms with Crippen LogP contribution >= 0.6 is 0 Å². The Kier molecular flexibility index (Phi) is 10.8. The van der Waals surface area contributed by atoms with Gasteiger partial charge in [0.25, 0.3) is 0 Å². The summed E-state index contributed by atoms with van der Waals surface area (Å²) in [5.74, 6) is 0.911. The van der Waals surface area contributed by atoms with Crippen molar-refractivity contribution in [3.05, 3.63) is 90.5 Å². The number of benzene rings is 4. The van der Waals surface area contributed by atoms with Crippen molar-refractivity contribution in [2.45, 2.75) is 44.3 Å². The van der Waals surface area contributed by atoms with E-state index in [4.69, 9.17) is 19.9 Å². The maximum Gasteiger partial charge on any atom is 0.119 e. The van der Waals surface area contributed by atoms with Gasteiger partial charge in [0.2, 0.25) is 0 Å². The second kappa shape index (κ2) is 14.7. The molecule has 2 saturated heterocycles. The second-order valence-corrected chi connectivity index (χ2v) is 9.61. The van der Waals surface area contributed by atoms with Crippen LogP contribution in [0.3, 0.4) is 0 Å². The summed E-state index contributed by atoms with van der Waals surface area (Å²) in [6, 6.07) is 30.6. The van der Waals surface area contributed by atoms with Gasteiger partial charge >= 0.3 is 0 Å².